The Morgan fingerprint density at radius 2 is 2.10 bits per heavy atom. The van der Waals surface area contributed by atoms with E-state index in [-0.39, 0.29) is 0 Å². The van der Waals surface area contributed by atoms with Crippen LogP contribution in [0.2, 0.25) is 0 Å². The Kier molecular flexibility index (Phi) is 3.89. The van der Waals surface area contributed by atoms with Crippen LogP contribution < -0.4 is 5.32 Å². The van der Waals surface area contributed by atoms with Gasteiger partial charge in [-0.1, -0.05) is 0 Å². The van der Waals surface area contributed by atoms with Gasteiger partial charge in [-0.15, -0.1) is 11.3 Å². The predicted molar refractivity (Wildman–Crippen MR) is 87.6 cm³/mol. The van der Waals surface area contributed by atoms with Gasteiger partial charge in [-0.3, -0.25) is 0 Å². The lowest BCUT2D eigenvalue weighted by Gasteiger charge is -2.14. The summed E-state index contributed by atoms with van der Waals surface area (Å²) in [5.41, 5.74) is 2.17. The summed E-state index contributed by atoms with van der Waals surface area (Å²) in [7, 11) is 0. The molecule has 2 aromatic heterocycles. The number of nitrogens with zero attached hydrogens (tertiary/aromatic N) is 2. The number of halogens is 1. The fourth-order valence-electron chi connectivity index (χ4n) is 2.01. The van der Waals surface area contributed by atoms with E-state index in [1.54, 1.807) is 17.5 Å². The van der Waals surface area contributed by atoms with Crippen LogP contribution in [-0.4, -0.2) is 9.78 Å². The average Bonchev–Trinajstić information content (AvgIpc) is 3.10. The Balaban J connectivity index is 1.72. The maximum absolute atomic E-state index is 4.22. The minimum atomic E-state index is 0.293. The highest BCUT2D eigenvalue weighted by atomic mass is 79.9. The number of hydrogen-bond donors (Lipinski definition) is 1. The highest BCUT2D eigenvalue weighted by Gasteiger charge is 2.08. The second-order valence-electron chi connectivity index (χ2n) is 4.53. The lowest BCUT2D eigenvalue weighted by atomic mass is 10.2. The lowest BCUT2D eigenvalue weighted by molar-refractivity contribution is 0.878. The van der Waals surface area contributed by atoms with Gasteiger partial charge >= 0.3 is 0 Å². The van der Waals surface area contributed by atoms with Gasteiger partial charge in [0.2, 0.25) is 0 Å². The molecule has 20 heavy (non-hydrogen) atoms. The van der Waals surface area contributed by atoms with E-state index in [0.29, 0.717) is 6.04 Å². The first-order chi connectivity index (χ1) is 9.72. The molecule has 1 N–H and O–H groups in total. The third-order valence-electron chi connectivity index (χ3n) is 3.03. The summed E-state index contributed by atoms with van der Waals surface area (Å²) < 4.78 is 2.99. The number of benzene rings is 1. The molecule has 3 nitrogen and oxygen atoms in total. The Hall–Kier alpha value is -1.59. The van der Waals surface area contributed by atoms with E-state index < -0.39 is 0 Å². The Morgan fingerprint density at radius 1 is 1.30 bits per heavy atom. The minimum absolute atomic E-state index is 0.293. The van der Waals surface area contributed by atoms with Crippen molar-refractivity contribution in [2.45, 2.75) is 13.0 Å². The van der Waals surface area contributed by atoms with Gasteiger partial charge in [0.05, 0.1) is 11.7 Å². The van der Waals surface area contributed by atoms with Gasteiger partial charge in [0.25, 0.3) is 0 Å². The lowest BCUT2D eigenvalue weighted by Crippen LogP contribution is -2.05. The number of rotatable bonds is 4. The molecule has 3 rings (SSSR count). The zero-order valence-electron chi connectivity index (χ0n) is 11.0. The van der Waals surface area contributed by atoms with Crippen LogP contribution >= 0.6 is 27.3 Å². The van der Waals surface area contributed by atoms with E-state index >= 15 is 0 Å². The van der Waals surface area contributed by atoms with Crippen LogP contribution in [0.4, 0.5) is 5.69 Å². The minimum Gasteiger partial charge on any atom is -0.378 e. The maximum Gasteiger partial charge on any atom is 0.0647 e. The second-order valence-corrected chi connectivity index (χ2v) is 6.39. The summed E-state index contributed by atoms with van der Waals surface area (Å²) in [6.07, 6.45) is 3.72. The van der Waals surface area contributed by atoms with Crippen molar-refractivity contribution in [3.8, 4) is 5.69 Å². The quantitative estimate of drug-likeness (QED) is 0.729. The summed E-state index contributed by atoms with van der Waals surface area (Å²) >= 11 is 5.24. The van der Waals surface area contributed by atoms with Crippen molar-refractivity contribution in [1.29, 1.82) is 0 Å². The summed E-state index contributed by atoms with van der Waals surface area (Å²) in [5, 5.41) is 9.83. The second kappa shape index (κ2) is 5.81. The van der Waals surface area contributed by atoms with Crippen LogP contribution in [0.5, 0.6) is 0 Å². The normalized spacial score (nSPS) is 12.3. The van der Waals surface area contributed by atoms with Gasteiger partial charge in [-0.2, -0.15) is 5.10 Å². The first kappa shape index (κ1) is 13.4. The maximum atomic E-state index is 4.22. The largest absolute Gasteiger partial charge is 0.378 e. The topological polar surface area (TPSA) is 29.9 Å². The molecule has 0 fully saturated rings. The van der Waals surface area contributed by atoms with Gasteiger partial charge in [0, 0.05) is 32.8 Å². The van der Waals surface area contributed by atoms with Gasteiger partial charge in [-0.25, -0.2) is 4.68 Å². The fraction of sp³-hybridized carbons (Fsp3) is 0.133. The van der Waals surface area contributed by atoms with Crippen molar-refractivity contribution in [3.63, 3.8) is 0 Å². The highest BCUT2D eigenvalue weighted by Crippen LogP contribution is 2.28. The Morgan fingerprint density at radius 3 is 2.70 bits per heavy atom. The third-order valence-corrected chi connectivity index (χ3v) is 4.91. The van der Waals surface area contributed by atoms with Crippen molar-refractivity contribution in [2.24, 2.45) is 0 Å². The van der Waals surface area contributed by atoms with Gasteiger partial charge < -0.3 is 5.32 Å². The standard InChI is InChI=1S/C15H14BrN3S/c1-11(15-9-12(16)10-20-15)18-13-3-5-14(6-4-13)19-8-2-7-17-19/h2-11,18H,1H3. The molecule has 0 spiro atoms. The van der Waals surface area contributed by atoms with Crippen LogP contribution in [0, 0.1) is 0 Å². The molecule has 102 valence electrons. The number of thiophene rings is 1. The smallest absolute Gasteiger partial charge is 0.0647 e. The van der Waals surface area contributed by atoms with E-state index in [9.17, 15) is 0 Å². The van der Waals surface area contributed by atoms with Crippen LogP contribution in [0.3, 0.4) is 0 Å². The van der Waals surface area contributed by atoms with Gasteiger partial charge in [-0.05, 0) is 59.3 Å². The fourth-order valence-corrected chi connectivity index (χ4v) is 3.46. The van der Waals surface area contributed by atoms with Crippen molar-refractivity contribution in [3.05, 3.63) is 63.5 Å². The zero-order chi connectivity index (χ0) is 13.9. The first-order valence-electron chi connectivity index (χ1n) is 6.33. The van der Waals surface area contributed by atoms with Crippen molar-refractivity contribution >= 4 is 33.0 Å². The molecule has 0 saturated carbocycles. The summed E-state index contributed by atoms with van der Waals surface area (Å²) in [6.45, 7) is 2.17. The highest BCUT2D eigenvalue weighted by molar-refractivity contribution is 9.10. The molecular weight excluding hydrogens is 334 g/mol. The van der Waals surface area contributed by atoms with E-state index in [4.69, 9.17) is 0 Å². The number of aromatic nitrogens is 2. The van der Waals surface area contributed by atoms with Gasteiger partial charge in [0.15, 0.2) is 0 Å². The molecular formula is C15H14BrN3S. The van der Waals surface area contributed by atoms with Crippen LogP contribution in [0.25, 0.3) is 5.69 Å². The molecule has 1 unspecified atom stereocenters. The monoisotopic (exact) mass is 347 g/mol. The molecule has 5 heteroatoms. The molecule has 1 aromatic carbocycles. The SMILES string of the molecule is CC(Nc1ccc(-n2cccn2)cc1)c1cc(Br)cs1. The van der Waals surface area contributed by atoms with Crippen molar-refractivity contribution in [2.75, 3.05) is 5.32 Å². The Labute approximate surface area is 130 Å². The predicted octanol–water partition coefficient (Wildman–Crippen LogP) is 4.87. The zero-order valence-corrected chi connectivity index (χ0v) is 13.4. The summed E-state index contributed by atoms with van der Waals surface area (Å²) in [5.74, 6) is 0. The molecule has 0 aliphatic rings. The molecule has 2 heterocycles. The van der Waals surface area contributed by atoms with E-state index in [1.807, 2.05) is 16.9 Å². The molecule has 1 atom stereocenters. The third kappa shape index (κ3) is 2.94. The summed E-state index contributed by atoms with van der Waals surface area (Å²) in [6, 6.07) is 12.6. The number of nitrogens with one attached hydrogen (secondary N) is 1. The molecule has 0 saturated heterocycles. The molecule has 0 bridgehead atoms. The van der Waals surface area contributed by atoms with Crippen LogP contribution in [0.15, 0.2) is 58.6 Å². The molecule has 0 aliphatic carbocycles. The van der Waals surface area contributed by atoms with E-state index in [1.165, 1.54) is 4.88 Å². The Bertz CT molecular complexity index is 673. The van der Waals surface area contributed by atoms with Crippen molar-refractivity contribution < 1.29 is 0 Å². The van der Waals surface area contributed by atoms with Crippen molar-refractivity contribution in [1.82, 2.24) is 9.78 Å². The molecule has 0 radical (unpaired) electrons. The average molecular weight is 348 g/mol. The molecule has 0 amide bonds. The van der Waals surface area contributed by atoms with Crippen LogP contribution in [-0.2, 0) is 0 Å². The van der Waals surface area contributed by atoms with Crippen LogP contribution in [0.1, 0.15) is 17.8 Å². The summed E-state index contributed by atoms with van der Waals surface area (Å²) in [4.78, 5) is 1.31. The molecule has 0 aliphatic heterocycles. The number of anilines is 1. The molecule has 3 aromatic rings. The number of hydrogen-bond acceptors (Lipinski definition) is 3. The van der Waals surface area contributed by atoms with Gasteiger partial charge in [0.1, 0.15) is 0 Å². The van der Waals surface area contributed by atoms with E-state index in [2.05, 4.69) is 69.0 Å². The first-order valence-corrected chi connectivity index (χ1v) is 8.00. The van der Waals surface area contributed by atoms with E-state index in [0.717, 1.165) is 15.8 Å².